The number of rotatable bonds is 7. The fraction of sp³-hybridized carbons (Fsp3) is 0.312. The van der Waals surface area contributed by atoms with Crippen LogP contribution in [0.5, 0.6) is 5.75 Å². The van der Waals surface area contributed by atoms with Crippen LogP contribution in [0, 0.1) is 0 Å². The maximum Gasteiger partial charge on any atom is 0.137 e. The maximum absolute atomic E-state index is 6.26. The summed E-state index contributed by atoms with van der Waals surface area (Å²) in [4.78, 5) is 5.40. The van der Waals surface area contributed by atoms with Gasteiger partial charge in [-0.3, -0.25) is 4.98 Å². The van der Waals surface area contributed by atoms with Gasteiger partial charge in [0.15, 0.2) is 0 Å². The normalized spacial score (nSPS) is 12.1. The molecule has 1 unspecified atom stereocenters. The molecule has 3 nitrogen and oxygen atoms in total. The van der Waals surface area contributed by atoms with E-state index >= 15 is 0 Å². The molecule has 0 bridgehead atoms. The van der Waals surface area contributed by atoms with Crippen LogP contribution in [-0.4, -0.2) is 17.3 Å². The lowest BCUT2D eigenvalue weighted by molar-refractivity contribution is 0.315. The molecular weight excluding hydrogens is 348 g/mol. The predicted octanol–water partition coefficient (Wildman–Crippen LogP) is 4.43. The molecule has 2 aromatic rings. The SMILES string of the molecule is CCCOc1cncc(C(N)CSc2ccccc2Br)c1. The standard InChI is InChI=1S/C16H19BrN2OS/c1-2-7-20-13-8-12(9-19-10-13)15(18)11-21-16-6-4-3-5-14(16)17/h3-6,8-10,15H,2,7,11,18H2,1H3. The zero-order valence-electron chi connectivity index (χ0n) is 12.0. The highest BCUT2D eigenvalue weighted by atomic mass is 79.9. The fourth-order valence-corrected chi connectivity index (χ4v) is 3.34. The summed E-state index contributed by atoms with van der Waals surface area (Å²) < 4.78 is 6.69. The highest BCUT2D eigenvalue weighted by molar-refractivity contribution is 9.10. The van der Waals surface area contributed by atoms with Crippen molar-refractivity contribution in [1.29, 1.82) is 0 Å². The average molecular weight is 367 g/mol. The molecule has 0 spiro atoms. The highest BCUT2D eigenvalue weighted by Gasteiger charge is 2.09. The number of pyridine rings is 1. The van der Waals surface area contributed by atoms with Gasteiger partial charge in [-0.05, 0) is 46.1 Å². The van der Waals surface area contributed by atoms with E-state index in [-0.39, 0.29) is 6.04 Å². The zero-order chi connectivity index (χ0) is 15.1. The van der Waals surface area contributed by atoms with Crippen molar-refractivity contribution in [3.8, 4) is 5.75 Å². The largest absolute Gasteiger partial charge is 0.492 e. The van der Waals surface area contributed by atoms with Gasteiger partial charge in [-0.1, -0.05) is 19.1 Å². The monoisotopic (exact) mass is 366 g/mol. The van der Waals surface area contributed by atoms with Crippen LogP contribution in [-0.2, 0) is 0 Å². The van der Waals surface area contributed by atoms with Crippen LogP contribution >= 0.6 is 27.7 Å². The summed E-state index contributed by atoms with van der Waals surface area (Å²) in [7, 11) is 0. The second kappa shape index (κ2) is 8.41. The van der Waals surface area contributed by atoms with Crippen molar-refractivity contribution in [2.45, 2.75) is 24.3 Å². The first kappa shape index (κ1) is 16.3. The molecule has 0 saturated heterocycles. The van der Waals surface area contributed by atoms with E-state index in [1.54, 1.807) is 18.0 Å². The minimum Gasteiger partial charge on any atom is -0.492 e. The number of hydrogen-bond acceptors (Lipinski definition) is 4. The summed E-state index contributed by atoms with van der Waals surface area (Å²) in [6.45, 7) is 2.78. The molecule has 0 saturated carbocycles. The minimum absolute atomic E-state index is 0.0696. The van der Waals surface area contributed by atoms with E-state index in [1.807, 2.05) is 30.5 Å². The third-order valence-corrected chi connectivity index (χ3v) is 5.04. The molecule has 0 aliphatic carbocycles. The zero-order valence-corrected chi connectivity index (χ0v) is 14.4. The van der Waals surface area contributed by atoms with E-state index in [0.717, 1.165) is 28.0 Å². The first-order valence-corrected chi connectivity index (χ1v) is 8.69. The molecule has 1 heterocycles. The summed E-state index contributed by atoms with van der Waals surface area (Å²) in [6.07, 6.45) is 4.52. The van der Waals surface area contributed by atoms with Gasteiger partial charge in [0.25, 0.3) is 0 Å². The number of nitrogens with two attached hydrogens (primary N) is 1. The van der Waals surface area contributed by atoms with Crippen molar-refractivity contribution in [3.63, 3.8) is 0 Å². The number of hydrogen-bond donors (Lipinski definition) is 1. The van der Waals surface area contributed by atoms with Crippen molar-refractivity contribution in [2.24, 2.45) is 5.73 Å². The molecule has 0 aliphatic heterocycles. The lowest BCUT2D eigenvalue weighted by atomic mass is 10.1. The van der Waals surface area contributed by atoms with Crippen LogP contribution in [0.3, 0.4) is 0 Å². The number of nitrogens with zero attached hydrogens (tertiary/aromatic N) is 1. The van der Waals surface area contributed by atoms with Crippen molar-refractivity contribution >= 4 is 27.7 Å². The molecule has 21 heavy (non-hydrogen) atoms. The molecule has 0 amide bonds. The fourth-order valence-electron chi connectivity index (χ4n) is 1.77. The van der Waals surface area contributed by atoms with Crippen molar-refractivity contribution < 1.29 is 4.74 Å². The first-order chi connectivity index (χ1) is 10.2. The van der Waals surface area contributed by atoms with Gasteiger partial charge < -0.3 is 10.5 Å². The molecule has 1 aromatic carbocycles. The number of ether oxygens (including phenoxy) is 1. The Balaban J connectivity index is 1.97. The van der Waals surface area contributed by atoms with Crippen molar-refractivity contribution in [3.05, 3.63) is 52.8 Å². The van der Waals surface area contributed by atoms with Crippen LogP contribution in [0.15, 0.2) is 52.1 Å². The van der Waals surface area contributed by atoms with E-state index in [2.05, 4.69) is 33.9 Å². The molecule has 2 rings (SSSR count). The van der Waals surface area contributed by atoms with E-state index in [1.165, 1.54) is 4.90 Å². The molecule has 112 valence electrons. The quantitative estimate of drug-likeness (QED) is 0.736. The third-order valence-electron chi connectivity index (χ3n) is 2.89. The predicted molar refractivity (Wildman–Crippen MR) is 91.8 cm³/mol. The van der Waals surface area contributed by atoms with Crippen LogP contribution in [0.1, 0.15) is 24.9 Å². The Morgan fingerprint density at radius 2 is 2.14 bits per heavy atom. The highest BCUT2D eigenvalue weighted by Crippen LogP contribution is 2.30. The number of aromatic nitrogens is 1. The smallest absolute Gasteiger partial charge is 0.137 e. The topological polar surface area (TPSA) is 48.1 Å². The Labute approximate surface area is 138 Å². The Kier molecular flexibility index (Phi) is 6.54. The van der Waals surface area contributed by atoms with Crippen LogP contribution in [0.25, 0.3) is 0 Å². The Hall–Kier alpha value is -1.04. The van der Waals surface area contributed by atoms with Crippen molar-refractivity contribution in [1.82, 2.24) is 4.98 Å². The molecule has 2 N–H and O–H groups in total. The Bertz CT molecular complexity index is 580. The molecular formula is C16H19BrN2OS. The summed E-state index contributed by atoms with van der Waals surface area (Å²) in [5.41, 5.74) is 7.26. The van der Waals surface area contributed by atoms with Crippen LogP contribution < -0.4 is 10.5 Å². The summed E-state index contributed by atoms with van der Waals surface area (Å²) in [5, 5.41) is 0. The molecule has 0 aliphatic rings. The van der Waals surface area contributed by atoms with E-state index in [0.29, 0.717) is 6.61 Å². The van der Waals surface area contributed by atoms with Gasteiger partial charge >= 0.3 is 0 Å². The third kappa shape index (κ3) is 5.02. The molecule has 1 atom stereocenters. The second-order valence-corrected chi connectivity index (χ2v) is 6.57. The maximum atomic E-state index is 6.26. The van der Waals surface area contributed by atoms with Gasteiger partial charge in [-0.15, -0.1) is 11.8 Å². The Morgan fingerprint density at radius 1 is 1.33 bits per heavy atom. The average Bonchev–Trinajstić information content (AvgIpc) is 2.52. The number of halogens is 1. The minimum atomic E-state index is -0.0696. The second-order valence-electron chi connectivity index (χ2n) is 4.65. The molecule has 0 radical (unpaired) electrons. The van der Waals surface area contributed by atoms with Gasteiger partial charge in [0, 0.05) is 27.4 Å². The Morgan fingerprint density at radius 3 is 2.90 bits per heavy atom. The van der Waals surface area contributed by atoms with Gasteiger partial charge in [0.1, 0.15) is 5.75 Å². The summed E-state index contributed by atoms with van der Waals surface area (Å²) in [5.74, 6) is 1.58. The van der Waals surface area contributed by atoms with E-state index in [4.69, 9.17) is 10.5 Å². The van der Waals surface area contributed by atoms with Crippen LogP contribution in [0.2, 0.25) is 0 Å². The van der Waals surface area contributed by atoms with Gasteiger partial charge in [-0.25, -0.2) is 0 Å². The van der Waals surface area contributed by atoms with Crippen LogP contribution in [0.4, 0.5) is 0 Å². The van der Waals surface area contributed by atoms with E-state index < -0.39 is 0 Å². The molecule has 0 fully saturated rings. The number of benzene rings is 1. The van der Waals surface area contributed by atoms with Gasteiger partial charge in [0.05, 0.1) is 12.8 Å². The molecule has 1 aromatic heterocycles. The number of thioether (sulfide) groups is 1. The van der Waals surface area contributed by atoms with Gasteiger partial charge in [0.2, 0.25) is 0 Å². The first-order valence-electron chi connectivity index (χ1n) is 6.91. The molecule has 5 heteroatoms. The van der Waals surface area contributed by atoms with Crippen molar-refractivity contribution in [2.75, 3.05) is 12.4 Å². The summed E-state index contributed by atoms with van der Waals surface area (Å²) >= 11 is 5.28. The lowest BCUT2D eigenvalue weighted by Gasteiger charge is -2.13. The lowest BCUT2D eigenvalue weighted by Crippen LogP contribution is -2.13. The van der Waals surface area contributed by atoms with Gasteiger partial charge in [-0.2, -0.15) is 0 Å². The summed E-state index contributed by atoms with van der Waals surface area (Å²) in [6, 6.07) is 10.1. The van der Waals surface area contributed by atoms with E-state index in [9.17, 15) is 0 Å².